The fourth-order valence-electron chi connectivity index (χ4n) is 5.00. The van der Waals surface area contributed by atoms with Crippen LogP contribution in [-0.2, 0) is 9.59 Å². The Morgan fingerprint density at radius 3 is 2.48 bits per heavy atom. The summed E-state index contributed by atoms with van der Waals surface area (Å²) in [6.07, 6.45) is 8.42. The molecular weight excluding hydrogens is 507 g/mol. The van der Waals surface area contributed by atoms with Crippen LogP contribution in [0, 0.1) is 11.8 Å². The molecule has 0 spiro atoms. The van der Waals surface area contributed by atoms with E-state index in [2.05, 4.69) is 22.5 Å². The van der Waals surface area contributed by atoms with Crippen LogP contribution in [-0.4, -0.2) is 79.4 Å². The summed E-state index contributed by atoms with van der Waals surface area (Å²) in [6.45, 7) is 8.02. The van der Waals surface area contributed by atoms with Crippen LogP contribution in [0.25, 0.3) is 0 Å². The molecule has 0 bridgehead atoms. The lowest BCUT2D eigenvalue weighted by Crippen LogP contribution is -2.45. The Bertz CT molecular complexity index is 611. The van der Waals surface area contributed by atoms with Gasteiger partial charge in [0, 0.05) is 44.7 Å². The number of nitrogens with zero attached hydrogens (tertiary/aromatic N) is 3. The number of likely N-dealkylation sites (tertiary alicyclic amines) is 2. The topological polar surface area (TPSA) is 103 Å². The summed E-state index contributed by atoms with van der Waals surface area (Å²) in [6, 6.07) is 0.270. The molecule has 3 fully saturated rings. The Kier molecular flexibility index (Phi) is 11.3. The van der Waals surface area contributed by atoms with Crippen LogP contribution in [0.4, 0.5) is 0 Å². The van der Waals surface area contributed by atoms with Crippen molar-refractivity contribution in [1.82, 2.24) is 20.4 Å². The van der Waals surface area contributed by atoms with E-state index in [0.29, 0.717) is 5.91 Å². The molecule has 2 aliphatic heterocycles. The zero-order valence-corrected chi connectivity index (χ0v) is 21.3. The van der Waals surface area contributed by atoms with E-state index in [-0.39, 0.29) is 47.8 Å². The number of carbonyl (C=O) groups excluding carboxylic acids is 2. The van der Waals surface area contributed by atoms with Crippen molar-refractivity contribution >= 4 is 41.8 Å². The zero-order valence-electron chi connectivity index (χ0n) is 19.0. The average molecular weight is 549 g/mol. The molecule has 2 amide bonds. The molecule has 1 aliphatic carbocycles. The number of halogens is 1. The van der Waals surface area contributed by atoms with Crippen LogP contribution in [0.3, 0.4) is 0 Å². The molecule has 0 aromatic rings. The molecule has 9 heteroatoms. The van der Waals surface area contributed by atoms with E-state index in [1.54, 1.807) is 0 Å². The Morgan fingerprint density at radius 2 is 1.77 bits per heavy atom. The molecule has 3 aliphatic rings. The number of hydrogen-bond donors (Lipinski definition) is 3. The molecule has 8 nitrogen and oxygen atoms in total. The highest BCUT2D eigenvalue weighted by molar-refractivity contribution is 14.0. The number of nitrogens with one attached hydrogen (secondary N) is 2. The molecule has 178 valence electrons. The van der Waals surface area contributed by atoms with E-state index in [1.807, 2.05) is 4.90 Å². The standard InChI is InChI=1S/C22H40N6O2.HI/c1-2-24-22(25-11-6-13-27-12-5-9-18(15-27)20(23)29)26-19-10-14-28(16-19)21(30)17-7-3-4-8-17;/h17-19H,2-16H2,1H3,(H2,23,29)(H2,24,25,26);1H. The van der Waals surface area contributed by atoms with Gasteiger partial charge in [-0.05, 0) is 58.5 Å². The molecule has 2 atom stereocenters. The minimum Gasteiger partial charge on any atom is -0.369 e. The second-order valence-electron chi connectivity index (χ2n) is 9.05. The Labute approximate surface area is 204 Å². The number of rotatable bonds is 8. The van der Waals surface area contributed by atoms with Gasteiger partial charge in [0.1, 0.15) is 0 Å². The van der Waals surface area contributed by atoms with Crippen molar-refractivity contribution in [2.45, 2.75) is 64.3 Å². The van der Waals surface area contributed by atoms with Gasteiger partial charge < -0.3 is 26.2 Å². The van der Waals surface area contributed by atoms with Crippen molar-refractivity contribution in [2.24, 2.45) is 22.6 Å². The van der Waals surface area contributed by atoms with Crippen molar-refractivity contribution in [3.05, 3.63) is 0 Å². The predicted molar refractivity (Wildman–Crippen MR) is 134 cm³/mol. The van der Waals surface area contributed by atoms with Crippen LogP contribution in [0.1, 0.15) is 58.3 Å². The fourth-order valence-corrected chi connectivity index (χ4v) is 5.00. The lowest BCUT2D eigenvalue weighted by molar-refractivity contribution is -0.134. The van der Waals surface area contributed by atoms with Gasteiger partial charge in [-0.1, -0.05) is 12.8 Å². The zero-order chi connectivity index (χ0) is 21.3. The van der Waals surface area contributed by atoms with Gasteiger partial charge in [0.25, 0.3) is 0 Å². The average Bonchev–Trinajstić information content (AvgIpc) is 3.43. The monoisotopic (exact) mass is 548 g/mol. The summed E-state index contributed by atoms with van der Waals surface area (Å²) in [4.78, 5) is 33.2. The number of nitrogens with two attached hydrogens (primary N) is 1. The third-order valence-electron chi connectivity index (χ3n) is 6.70. The highest BCUT2D eigenvalue weighted by Crippen LogP contribution is 2.27. The van der Waals surface area contributed by atoms with Gasteiger partial charge in [0.2, 0.25) is 11.8 Å². The van der Waals surface area contributed by atoms with Crippen LogP contribution in [0.2, 0.25) is 0 Å². The van der Waals surface area contributed by atoms with Crippen molar-refractivity contribution in [3.63, 3.8) is 0 Å². The summed E-state index contributed by atoms with van der Waals surface area (Å²) in [5, 5.41) is 6.85. The number of primary amides is 1. The second-order valence-corrected chi connectivity index (χ2v) is 9.05. The van der Waals surface area contributed by atoms with Crippen molar-refractivity contribution < 1.29 is 9.59 Å². The van der Waals surface area contributed by atoms with E-state index in [0.717, 1.165) is 90.3 Å². The summed E-state index contributed by atoms with van der Waals surface area (Å²) >= 11 is 0. The van der Waals surface area contributed by atoms with Crippen molar-refractivity contribution in [1.29, 1.82) is 0 Å². The first-order chi connectivity index (χ1) is 14.6. The van der Waals surface area contributed by atoms with Crippen LogP contribution in [0.15, 0.2) is 4.99 Å². The van der Waals surface area contributed by atoms with E-state index < -0.39 is 0 Å². The van der Waals surface area contributed by atoms with Crippen LogP contribution < -0.4 is 16.4 Å². The van der Waals surface area contributed by atoms with E-state index >= 15 is 0 Å². The lowest BCUT2D eigenvalue weighted by atomic mass is 9.97. The molecule has 1 saturated carbocycles. The minimum absolute atomic E-state index is 0. The van der Waals surface area contributed by atoms with E-state index in [9.17, 15) is 9.59 Å². The highest BCUT2D eigenvalue weighted by atomic mass is 127. The summed E-state index contributed by atoms with van der Waals surface area (Å²) in [5.41, 5.74) is 5.47. The number of amides is 2. The quantitative estimate of drug-likeness (QED) is 0.185. The Hall–Kier alpha value is -1.10. The number of aliphatic imine (C=N–C) groups is 1. The Morgan fingerprint density at radius 1 is 1.03 bits per heavy atom. The molecule has 3 rings (SSSR count). The number of piperidine rings is 1. The second kappa shape index (κ2) is 13.4. The van der Waals surface area contributed by atoms with Crippen molar-refractivity contribution in [3.8, 4) is 0 Å². The predicted octanol–water partition coefficient (Wildman–Crippen LogP) is 1.54. The SMILES string of the molecule is CCNC(=NCCCN1CCCC(C(N)=O)C1)NC1CCN(C(=O)C2CCCC2)C1.I. The maximum absolute atomic E-state index is 12.6. The molecule has 4 N–H and O–H groups in total. The first-order valence-corrected chi connectivity index (χ1v) is 11.9. The van der Waals surface area contributed by atoms with Crippen LogP contribution in [0.5, 0.6) is 0 Å². The molecule has 2 heterocycles. The first-order valence-electron chi connectivity index (χ1n) is 11.9. The maximum Gasteiger partial charge on any atom is 0.225 e. The fraction of sp³-hybridized carbons (Fsp3) is 0.864. The van der Waals surface area contributed by atoms with Gasteiger partial charge in [-0.3, -0.25) is 14.6 Å². The van der Waals surface area contributed by atoms with E-state index in [4.69, 9.17) is 10.7 Å². The smallest absolute Gasteiger partial charge is 0.225 e. The number of carbonyl (C=O) groups is 2. The summed E-state index contributed by atoms with van der Waals surface area (Å²) in [7, 11) is 0. The summed E-state index contributed by atoms with van der Waals surface area (Å²) < 4.78 is 0. The van der Waals surface area contributed by atoms with Crippen molar-refractivity contribution in [2.75, 3.05) is 45.8 Å². The molecular formula is C22H41IN6O2. The van der Waals surface area contributed by atoms with Gasteiger partial charge in [-0.25, -0.2) is 0 Å². The molecule has 2 saturated heterocycles. The molecule has 0 radical (unpaired) electrons. The lowest BCUT2D eigenvalue weighted by Gasteiger charge is -2.30. The molecule has 0 aromatic heterocycles. The maximum atomic E-state index is 12.6. The summed E-state index contributed by atoms with van der Waals surface area (Å²) in [5.74, 6) is 1.28. The number of hydrogen-bond acceptors (Lipinski definition) is 4. The van der Waals surface area contributed by atoms with Gasteiger partial charge in [-0.15, -0.1) is 24.0 Å². The molecule has 31 heavy (non-hydrogen) atoms. The molecule has 2 unspecified atom stereocenters. The molecule has 0 aromatic carbocycles. The van der Waals surface area contributed by atoms with Gasteiger partial charge >= 0.3 is 0 Å². The third-order valence-corrected chi connectivity index (χ3v) is 6.70. The third kappa shape index (κ3) is 8.07. The highest BCUT2D eigenvalue weighted by Gasteiger charge is 2.32. The van der Waals surface area contributed by atoms with E-state index in [1.165, 1.54) is 12.8 Å². The van der Waals surface area contributed by atoms with Crippen LogP contribution >= 0.6 is 24.0 Å². The van der Waals surface area contributed by atoms with Gasteiger partial charge in [0.05, 0.1) is 5.92 Å². The normalized spacial score (nSPS) is 25.3. The van der Waals surface area contributed by atoms with Gasteiger partial charge in [0.15, 0.2) is 5.96 Å². The Balaban J connectivity index is 0.00000341. The van der Waals surface area contributed by atoms with Gasteiger partial charge in [-0.2, -0.15) is 0 Å². The largest absolute Gasteiger partial charge is 0.369 e. The minimum atomic E-state index is -0.173. The number of guanidine groups is 1. The first kappa shape index (κ1) is 26.2.